The maximum Gasteiger partial charge on any atom is 0.129 e. The average molecular weight is 280 g/mol. The van der Waals surface area contributed by atoms with Crippen molar-refractivity contribution in [3.8, 4) is 11.1 Å². The van der Waals surface area contributed by atoms with Crippen molar-refractivity contribution >= 4 is 5.78 Å². The van der Waals surface area contributed by atoms with Crippen LogP contribution in [0.2, 0.25) is 0 Å². The van der Waals surface area contributed by atoms with Crippen molar-refractivity contribution in [2.24, 2.45) is 0 Å². The highest BCUT2D eigenvalue weighted by Crippen LogP contribution is 2.20. The van der Waals surface area contributed by atoms with E-state index in [0.29, 0.717) is 5.78 Å². The van der Waals surface area contributed by atoms with E-state index in [9.17, 15) is 4.79 Å². The van der Waals surface area contributed by atoms with Gasteiger partial charge >= 0.3 is 0 Å². The minimum atomic E-state index is 0.312. The Morgan fingerprint density at radius 3 is 2.05 bits per heavy atom. The lowest BCUT2D eigenvalue weighted by molar-refractivity contribution is -0.117. The summed E-state index contributed by atoms with van der Waals surface area (Å²) >= 11 is 0. The van der Waals surface area contributed by atoms with E-state index in [4.69, 9.17) is 0 Å². The molecule has 0 amide bonds. The second-order valence-corrected chi connectivity index (χ2v) is 5.68. The van der Waals surface area contributed by atoms with Crippen LogP contribution >= 0.6 is 0 Å². The zero-order valence-corrected chi connectivity index (χ0v) is 12.8. The zero-order chi connectivity index (χ0) is 14.9. The molecule has 0 saturated carbocycles. The molecule has 0 aliphatic rings. The van der Waals surface area contributed by atoms with Gasteiger partial charge in [-0.05, 0) is 42.9 Å². The molecule has 0 aliphatic carbocycles. The molecule has 0 fully saturated rings. The van der Waals surface area contributed by atoms with Crippen LogP contribution in [0.15, 0.2) is 54.6 Å². The van der Waals surface area contributed by atoms with Crippen LogP contribution < -0.4 is 0 Å². The van der Waals surface area contributed by atoms with Gasteiger partial charge in [-0.2, -0.15) is 0 Å². The Morgan fingerprint density at radius 1 is 0.762 bits per heavy atom. The number of benzene rings is 2. The van der Waals surface area contributed by atoms with Crippen LogP contribution in [0.3, 0.4) is 0 Å². The van der Waals surface area contributed by atoms with Crippen LogP contribution in [0.5, 0.6) is 0 Å². The summed E-state index contributed by atoms with van der Waals surface area (Å²) in [5, 5.41) is 0. The summed E-state index contributed by atoms with van der Waals surface area (Å²) in [5.74, 6) is 0.312. The van der Waals surface area contributed by atoms with Gasteiger partial charge in [-0.25, -0.2) is 0 Å². The van der Waals surface area contributed by atoms with Gasteiger partial charge in [0.1, 0.15) is 5.78 Å². The summed E-state index contributed by atoms with van der Waals surface area (Å²) in [6, 6.07) is 19.4. The Morgan fingerprint density at radius 2 is 1.38 bits per heavy atom. The van der Waals surface area contributed by atoms with Crippen LogP contribution in [0.25, 0.3) is 11.1 Å². The molecule has 2 aromatic rings. The average Bonchev–Trinajstić information content (AvgIpc) is 2.52. The van der Waals surface area contributed by atoms with Crippen LogP contribution in [-0.4, -0.2) is 5.78 Å². The highest BCUT2D eigenvalue weighted by molar-refractivity contribution is 5.75. The molecule has 1 heteroatoms. The van der Waals surface area contributed by atoms with E-state index in [0.717, 1.165) is 19.3 Å². The maximum atomic E-state index is 10.8. The third-order valence-corrected chi connectivity index (χ3v) is 3.81. The largest absolute Gasteiger partial charge is 0.300 e. The van der Waals surface area contributed by atoms with Gasteiger partial charge in [0.05, 0.1) is 0 Å². The van der Waals surface area contributed by atoms with Crippen molar-refractivity contribution in [3.63, 3.8) is 0 Å². The Kier molecular flexibility index (Phi) is 6.21. The molecule has 0 aromatic heterocycles. The summed E-state index contributed by atoms with van der Waals surface area (Å²) in [7, 11) is 0. The number of Topliss-reactive ketones (excluding diaryl/α,β-unsaturated/α-hetero) is 1. The van der Waals surface area contributed by atoms with Gasteiger partial charge in [0.25, 0.3) is 0 Å². The topological polar surface area (TPSA) is 17.1 Å². The third kappa shape index (κ3) is 5.55. The van der Waals surface area contributed by atoms with E-state index in [2.05, 4.69) is 48.5 Å². The van der Waals surface area contributed by atoms with Crippen LogP contribution in [0, 0.1) is 0 Å². The second kappa shape index (κ2) is 8.41. The SMILES string of the molecule is CC(=O)CCCCCCc1ccc(-c2ccccc2)cc1. The van der Waals surface area contributed by atoms with E-state index in [1.165, 1.54) is 36.0 Å². The first-order chi connectivity index (χ1) is 10.3. The Bertz CT molecular complexity index is 540. The molecule has 21 heavy (non-hydrogen) atoms. The number of hydrogen-bond acceptors (Lipinski definition) is 1. The first kappa shape index (κ1) is 15.5. The van der Waals surface area contributed by atoms with Crippen LogP contribution in [0.1, 0.15) is 44.6 Å². The molecular weight excluding hydrogens is 256 g/mol. The number of ketones is 1. The monoisotopic (exact) mass is 280 g/mol. The van der Waals surface area contributed by atoms with Crippen molar-refractivity contribution in [2.75, 3.05) is 0 Å². The third-order valence-electron chi connectivity index (χ3n) is 3.81. The van der Waals surface area contributed by atoms with Gasteiger partial charge in [-0.3, -0.25) is 0 Å². The quantitative estimate of drug-likeness (QED) is 0.589. The van der Waals surface area contributed by atoms with Crippen molar-refractivity contribution in [3.05, 3.63) is 60.2 Å². The molecule has 2 aromatic carbocycles. The Balaban J connectivity index is 1.74. The molecule has 0 bridgehead atoms. The van der Waals surface area contributed by atoms with Crippen LogP contribution in [0.4, 0.5) is 0 Å². The van der Waals surface area contributed by atoms with Crippen molar-refractivity contribution < 1.29 is 4.79 Å². The molecule has 2 rings (SSSR count). The van der Waals surface area contributed by atoms with Gasteiger partial charge < -0.3 is 4.79 Å². The minimum absolute atomic E-state index is 0.312. The second-order valence-electron chi connectivity index (χ2n) is 5.68. The highest BCUT2D eigenvalue weighted by Gasteiger charge is 1.98. The minimum Gasteiger partial charge on any atom is -0.300 e. The predicted octanol–water partition coefficient (Wildman–Crippen LogP) is 5.44. The van der Waals surface area contributed by atoms with Gasteiger partial charge in [-0.1, -0.05) is 67.4 Å². The molecule has 0 saturated heterocycles. The van der Waals surface area contributed by atoms with Crippen molar-refractivity contribution in [1.82, 2.24) is 0 Å². The predicted molar refractivity (Wildman–Crippen MR) is 89.3 cm³/mol. The van der Waals surface area contributed by atoms with E-state index >= 15 is 0 Å². The lowest BCUT2D eigenvalue weighted by Gasteiger charge is -2.05. The molecule has 0 N–H and O–H groups in total. The fourth-order valence-electron chi connectivity index (χ4n) is 2.55. The lowest BCUT2D eigenvalue weighted by Crippen LogP contribution is -1.90. The van der Waals surface area contributed by atoms with Gasteiger partial charge in [0.15, 0.2) is 0 Å². The van der Waals surface area contributed by atoms with Crippen LogP contribution in [-0.2, 0) is 11.2 Å². The van der Waals surface area contributed by atoms with Gasteiger partial charge in [-0.15, -0.1) is 0 Å². The fraction of sp³-hybridized carbons (Fsp3) is 0.350. The molecule has 0 aliphatic heterocycles. The Hall–Kier alpha value is -1.89. The number of carbonyl (C=O) groups is 1. The zero-order valence-electron chi connectivity index (χ0n) is 12.8. The van der Waals surface area contributed by atoms with Crippen molar-refractivity contribution in [1.29, 1.82) is 0 Å². The standard InChI is InChI=1S/C20H24O/c1-17(21)9-5-2-3-6-10-18-13-15-20(16-14-18)19-11-7-4-8-12-19/h4,7-8,11-16H,2-3,5-6,9-10H2,1H3. The molecule has 0 spiro atoms. The van der Waals surface area contributed by atoms with Crippen molar-refractivity contribution in [2.45, 2.75) is 45.4 Å². The number of aryl methyl sites for hydroxylation is 1. The number of hydrogen-bond donors (Lipinski definition) is 0. The van der Waals surface area contributed by atoms with E-state index in [-0.39, 0.29) is 0 Å². The summed E-state index contributed by atoms with van der Waals surface area (Å²) < 4.78 is 0. The molecule has 0 radical (unpaired) electrons. The molecule has 1 nitrogen and oxygen atoms in total. The summed E-state index contributed by atoms with van der Waals surface area (Å²) in [6.07, 6.45) is 6.52. The summed E-state index contributed by atoms with van der Waals surface area (Å²) in [4.78, 5) is 10.8. The summed E-state index contributed by atoms with van der Waals surface area (Å²) in [6.45, 7) is 1.67. The normalized spacial score (nSPS) is 10.5. The molecule has 0 atom stereocenters. The van der Waals surface area contributed by atoms with E-state index in [1.54, 1.807) is 6.92 Å². The summed E-state index contributed by atoms with van der Waals surface area (Å²) in [5.41, 5.74) is 3.95. The van der Waals surface area contributed by atoms with Gasteiger partial charge in [0.2, 0.25) is 0 Å². The van der Waals surface area contributed by atoms with Gasteiger partial charge in [0, 0.05) is 6.42 Å². The van der Waals surface area contributed by atoms with E-state index < -0.39 is 0 Å². The smallest absolute Gasteiger partial charge is 0.129 e. The first-order valence-corrected chi connectivity index (χ1v) is 7.89. The number of carbonyl (C=O) groups excluding carboxylic acids is 1. The molecule has 0 unspecified atom stereocenters. The number of rotatable bonds is 8. The molecular formula is C20H24O. The van der Waals surface area contributed by atoms with E-state index in [1.807, 2.05) is 6.07 Å². The Labute approximate surface area is 128 Å². The fourth-order valence-corrected chi connectivity index (χ4v) is 2.55. The lowest BCUT2D eigenvalue weighted by atomic mass is 10.0. The highest BCUT2D eigenvalue weighted by atomic mass is 16.1. The number of unbranched alkanes of at least 4 members (excludes halogenated alkanes) is 3. The maximum absolute atomic E-state index is 10.8. The molecule has 110 valence electrons. The first-order valence-electron chi connectivity index (χ1n) is 7.89. The molecule has 0 heterocycles.